The highest BCUT2D eigenvalue weighted by molar-refractivity contribution is 7.99. The van der Waals surface area contributed by atoms with E-state index < -0.39 is 0 Å². The van der Waals surface area contributed by atoms with Crippen LogP contribution in [0.3, 0.4) is 0 Å². The first-order chi connectivity index (χ1) is 8.79. The SMILES string of the molecule is CCCNCC(CCSCC)c1ccccc1F. The molecule has 1 nitrogen and oxygen atoms in total. The zero-order valence-corrected chi connectivity index (χ0v) is 12.2. The molecule has 1 unspecified atom stereocenters. The molecule has 0 bridgehead atoms. The number of halogens is 1. The van der Waals surface area contributed by atoms with Gasteiger partial charge in [0, 0.05) is 12.5 Å². The Morgan fingerprint density at radius 3 is 2.72 bits per heavy atom. The first-order valence-corrected chi connectivity index (χ1v) is 7.97. The smallest absolute Gasteiger partial charge is 0.126 e. The molecule has 1 aromatic rings. The van der Waals surface area contributed by atoms with Gasteiger partial charge in [0.15, 0.2) is 0 Å². The highest BCUT2D eigenvalue weighted by Gasteiger charge is 2.14. The third kappa shape index (κ3) is 5.40. The molecular weight excluding hydrogens is 245 g/mol. The van der Waals surface area contributed by atoms with Crippen LogP contribution in [0.2, 0.25) is 0 Å². The van der Waals surface area contributed by atoms with E-state index in [0.717, 1.165) is 43.0 Å². The average Bonchev–Trinajstić information content (AvgIpc) is 2.38. The second kappa shape index (κ2) is 9.40. The quantitative estimate of drug-likeness (QED) is 0.679. The zero-order chi connectivity index (χ0) is 13.2. The molecular formula is C15H24FNS. The Balaban J connectivity index is 2.60. The lowest BCUT2D eigenvalue weighted by atomic mass is 9.96. The lowest BCUT2D eigenvalue weighted by molar-refractivity contribution is 0.531. The van der Waals surface area contributed by atoms with E-state index in [2.05, 4.69) is 19.2 Å². The molecule has 0 saturated carbocycles. The Labute approximate surface area is 115 Å². The minimum absolute atomic E-state index is 0.0673. The minimum atomic E-state index is -0.0673. The summed E-state index contributed by atoms with van der Waals surface area (Å²) in [6.45, 7) is 6.20. The van der Waals surface area contributed by atoms with E-state index in [4.69, 9.17) is 0 Å². The van der Waals surface area contributed by atoms with Crippen molar-refractivity contribution in [2.45, 2.75) is 32.6 Å². The molecule has 1 N–H and O–H groups in total. The topological polar surface area (TPSA) is 12.0 Å². The van der Waals surface area contributed by atoms with Crippen molar-refractivity contribution in [2.24, 2.45) is 0 Å². The fourth-order valence-electron chi connectivity index (χ4n) is 2.00. The Bertz CT molecular complexity index is 320. The molecule has 0 saturated heterocycles. The van der Waals surface area contributed by atoms with Crippen LogP contribution >= 0.6 is 11.8 Å². The largest absolute Gasteiger partial charge is 0.316 e. The van der Waals surface area contributed by atoms with Crippen LogP contribution in [0.1, 0.15) is 38.2 Å². The molecule has 0 aliphatic rings. The fraction of sp³-hybridized carbons (Fsp3) is 0.600. The van der Waals surface area contributed by atoms with Crippen molar-refractivity contribution in [3.05, 3.63) is 35.6 Å². The van der Waals surface area contributed by atoms with Gasteiger partial charge in [0.25, 0.3) is 0 Å². The molecule has 102 valence electrons. The summed E-state index contributed by atoms with van der Waals surface area (Å²) < 4.78 is 13.8. The van der Waals surface area contributed by atoms with Gasteiger partial charge in [-0.2, -0.15) is 11.8 Å². The van der Waals surface area contributed by atoms with Gasteiger partial charge < -0.3 is 5.32 Å². The van der Waals surface area contributed by atoms with Crippen LogP contribution in [-0.4, -0.2) is 24.6 Å². The molecule has 3 heteroatoms. The molecule has 0 radical (unpaired) electrons. The first kappa shape index (κ1) is 15.5. The van der Waals surface area contributed by atoms with Crippen molar-refractivity contribution in [3.8, 4) is 0 Å². The number of thioether (sulfide) groups is 1. The Kier molecular flexibility index (Phi) is 8.10. The maximum atomic E-state index is 13.8. The Morgan fingerprint density at radius 1 is 1.28 bits per heavy atom. The summed E-state index contributed by atoms with van der Waals surface area (Å²) in [6, 6.07) is 7.17. The summed E-state index contributed by atoms with van der Waals surface area (Å²) in [5, 5.41) is 3.41. The number of benzene rings is 1. The van der Waals surface area contributed by atoms with Crippen LogP contribution in [0.4, 0.5) is 4.39 Å². The lowest BCUT2D eigenvalue weighted by Crippen LogP contribution is -2.23. The number of hydrogen-bond donors (Lipinski definition) is 1. The maximum absolute atomic E-state index is 13.8. The summed E-state index contributed by atoms with van der Waals surface area (Å²) in [6.07, 6.45) is 2.16. The summed E-state index contributed by atoms with van der Waals surface area (Å²) in [7, 11) is 0. The van der Waals surface area contributed by atoms with Gasteiger partial charge in [0.05, 0.1) is 0 Å². The highest BCUT2D eigenvalue weighted by Crippen LogP contribution is 2.23. The summed E-state index contributed by atoms with van der Waals surface area (Å²) in [5.41, 5.74) is 0.859. The highest BCUT2D eigenvalue weighted by atomic mass is 32.2. The van der Waals surface area contributed by atoms with Crippen LogP contribution in [0.5, 0.6) is 0 Å². The third-order valence-electron chi connectivity index (χ3n) is 2.98. The van der Waals surface area contributed by atoms with Crippen molar-refractivity contribution in [1.29, 1.82) is 0 Å². The standard InChI is InChI=1S/C15H24FNS/c1-3-10-17-12-13(9-11-18-4-2)14-7-5-6-8-15(14)16/h5-8,13,17H,3-4,9-12H2,1-2H3. The lowest BCUT2D eigenvalue weighted by Gasteiger charge is -2.18. The molecule has 0 spiro atoms. The van der Waals surface area contributed by atoms with E-state index in [1.807, 2.05) is 23.9 Å². The van der Waals surface area contributed by atoms with Crippen molar-refractivity contribution >= 4 is 11.8 Å². The molecule has 0 fully saturated rings. The summed E-state index contributed by atoms with van der Waals surface area (Å²) in [4.78, 5) is 0. The Morgan fingerprint density at radius 2 is 2.06 bits per heavy atom. The minimum Gasteiger partial charge on any atom is -0.316 e. The van der Waals surface area contributed by atoms with Crippen LogP contribution in [0.15, 0.2) is 24.3 Å². The zero-order valence-electron chi connectivity index (χ0n) is 11.4. The molecule has 1 atom stereocenters. The van der Waals surface area contributed by atoms with Gasteiger partial charge in [-0.3, -0.25) is 0 Å². The number of nitrogens with one attached hydrogen (secondary N) is 1. The molecule has 0 heterocycles. The van der Waals surface area contributed by atoms with Crippen LogP contribution in [0, 0.1) is 5.82 Å². The van der Waals surface area contributed by atoms with Crippen molar-refractivity contribution in [1.82, 2.24) is 5.32 Å². The van der Waals surface area contributed by atoms with E-state index in [-0.39, 0.29) is 11.7 Å². The molecule has 1 rings (SSSR count). The van der Waals surface area contributed by atoms with Crippen molar-refractivity contribution in [2.75, 3.05) is 24.6 Å². The van der Waals surface area contributed by atoms with Gasteiger partial charge >= 0.3 is 0 Å². The van der Waals surface area contributed by atoms with E-state index in [0.29, 0.717) is 0 Å². The van der Waals surface area contributed by atoms with Crippen molar-refractivity contribution < 1.29 is 4.39 Å². The number of hydrogen-bond acceptors (Lipinski definition) is 2. The van der Waals surface area contributed by atoms with Crippen molar-refractivity contribution in [3.63, 3.8) is 0 Å². The molecule has 0 aliphatic carbocycles. The van der Waals surface area contributed by atoms with E-state index in [1.165, 1.54) is 0 Å². The second-order valence-electron chi connectivity index (χ2n) is 4.41. The molecule has 1 aromatic carbocycles. The van der Waals surface area contributed by atoms with Gasteiger partial charge in [0.2, 0.25) is 0 Å². The van der Waals surface area contributed by atoms with Crippen LogP contribution in [0.25, 0.3) is 0 Å². The van der Waals surface area contributed by atoms with E-state index >= 15 is 0 Å². The number of rotatable bonds is 9. The van der Waals surface area contributed by atoms with E-state index in [1.54, 1.807) is 12.1 Å². The van der Waals surface area contributed by atoms with Crippen LogP contribution < -0.4 is 5.32 Å². The predicted molar refractivity (Wildman–Crippen MR) is 79.9 cm³/mol. The first-order valence-electron chi connectivity index (χ1n) is 6.82. The van der Waals surface area contributed by atoms with Gasteiger partial charge in [-0.05, 0) is 42.5 Å². The van der Waals surface area contributed by atoms with Gasteiger partial charge in [-0.25, -0.2) is 4.39 Å². The monoisotopic (exact) mass is 269 g/mol. The normalized spacial score (nSPS) is 12.6. The summed E-state index contributed by atoms with van der Waals surface area (Å²) >= 11 is 1.93. The van der Waals surface area contributed by atoms with Crippen LogP contribution in [-0.2, 0) is 0 Å². The molecule has 0 amide bonds. The molecule has 18 heavy (non-hydrogen) atoms. The molecule has 0 aliphatic heterocycles. The Hall–Kier alpha value is -0.540. The summed E-state index contributed by atoms with van der Waals surface area (Å²) in [5.74, 6) is 2.45. The second-order valence-corrected chi connectivity index (χ2v) is 5.80. The van der Waals surface area contributed by atoms with Gasteiger partial charge in [0.1, 0.15) is 5.82 Å². The fourth-order valence-corrected chi connectivity index (χ4v) is 2.74. The average molecular weight is 269 g/mol. The third-order valence-corrected chi connectivity index (χ3v) is 3.91. The predicted octanol–water partition coefficient (Wildman–Crippen LogP) is 4.05. The maximum Gasteiger partial charge on any atom is 0.126 e. The van der Waals surface area contributed by atoms with Gasteiger partial charge in [-0.1, -0.05) is 32.0 Å². The van der Waals surface area contributed by atoms with E-state index in [9.17, 15) is 4.39 Å². The van der Waals surface area contributed by atoms with Gasteiger partial charge in [-0.15, -0.1) is 0 Å². The molecule has 0 aromatic heterocycles.